The van der Waals surface area contributed by atoms with Crippen LogP contribution in [0.25, 0.3) is 16.8 Å². The zero-order valence-corrected chi connectivity index (χ0v) is 15.2. The van der Waals surface area contributed by atoms with Crippen molar-refractivity contribution in [2.24, 2.45) is 0 Å². The molecular weight excluding hydrogens is 342 g/mol. The van der Waals surface area contributed by atoms with Gasteiger partial charge in [0.15, 0.2) is 11.5 Å². The van der Waals surface area contributed by atoms with Crippen LogP contribution in [0.4, 0.5) is 5.69 Å². The molecule has 4 rings (SSSR count). The lowest BCUT2D eigenvalue weighted by atomic mass is 10.1. The van der Waals surface area contributed by atoms with Gasteiger partial charge in [-0.25, -0.2) is 0 Å². The van der Waals surface area contributed by atoms with Crippen molar-refractivity contribution < 1.29 is 10.2 Å². The van der Waals surface area contributed by atoms with E-state index in [2.05, 4.69) is 54.3 Å². The lowest BCUT2D eigenvalue weighted by Gasteiger charge is -2.17. The SMILES string of the molecule is CCN1C(=CC=Cc2ccc(O)c(O)c2)Sc2c1ccc1ccccc21. The minimum atomic E-state index is -0.107. The smallest absolute Gasteiger partial charge is 0.157 e. The maximum atomic E-state index is 9.60. The second-order valence-corrected chi connectivity index (χ2v) is 7.12. The molecule has 0 saturated heterocycles. The third-order valence-corrected chi connectivity index (χ3v) is 5.66. The van der Waals surface area contributed by atoms with E-state index in [9.17, 15) is 10.2 Å². The van der Waals surface area contributed by atoms with Crippen molar-refractivity contribution in [1.82, 2.24) is 0 Å². The highest BCUT2D eigenvalue weighted by molar-refractivity contribution is 8.04. The van der Waals surface area contributed by atoms with Crippen LogP contribution in [0.3, 0.4) is 0 Å². The summed E-state index contributed by atoms with van der Waals surface area (Å²) in [5, 5.41) is 22.7. The van der Waals surface area contributed by atoms with Crippen molar-refractivity contribution in [3.8, 4) is 11.5 Å². The van der Waals surface area contributed by atoms with Crippen LogP contribution in [0.5, 0.6) is 11.5 Å². The summed E-state index contributed by atoms with van der Waals surface area (Å²) in [6.45, 7) is 3.05. The van der Waals surface area contributed by atoms with Gasteiger partial charge in [-0.1, -0.05) is 60.3 Å². The van der Waals surface area contributed by atoms with Crippen LogP contribution in [0.1, 0.15) is 12.5 Å². The molecule has 0 atom stereocenters. The number of benzene rings is 3. The van der Waals surface area contributed by atoms with Gasteiger partial charge in [0.05, 0.1) is 10.7 Å². The van der Waals surface area contributed by atoms with Crippen LogP contribution < -0.4 is 4.90 Å². The van der Waals surface area contributed by atoms with E-state index in [0.717, 1.165) is 12.1 Å². The van der Waals surface area contributed by atoms with E-state index in [0.29, 0.717) is 0 Å². The van der Waals surface area contributed by atoms with Crippen molar-refractivity contribution in [2.45, 2.75) is 11.8 Å². The van der Waals surface area contributed by atoms with Gasteiger partial charge in [0.1, 0.15) is 0 Å². The second kappa shape index (κ2) is 6.81. The molecule has 0 spiro atoms. The van der Waals surface area contributed by atoms with Crippen molar-refractivity contribution in [3.63, 3.8) is 0 Å². The molecule has 3 aromatic carbocycles. The molecule has 26 heavy (non-hydrogen) atoms. The lowest BCUT2D eigenvalue weighted by Crippen LogP contribution is -2.16. The summed E-state index contributed by atoms with van der Waals surface area (Å²) in [7, 11) is 0. The summed E-state index contributed by atoms with van der Waals surface area (Å²) in [5.74, 6) is -0.213. The molecule has 0 fully saturated rings. The number of thioether (sulfide) groups is 1. The Morgan fingerprint density at radius 3 is 2.65 bits per heavy atom. The molecule has 3 aromatic rings. The normalized spacial score (nSPS) is 15.3. The van der Waals surface area contributed by atoms with Crippen molar-refractivity contribution in [2.75, 3.05) is 11.4 Å². The molecule has 1 heterocycles. The molecule has 130 valence electrons. The predicted molar refractivity (Wildman–Crippen MR) is 110 cm³/mol. The Labute approximate surface area is 156 Å². The van der Waals surface area contributed by atoms with E-state index in [1.807, 2.05) is 12.2 Å². The molecule has 0 bridgehead atoms. The van der Waals surface area contributed by atoms with Gasteiger partial charge in [-0.15, -0.1) is 0 Å². The van der Waals surface area contributed by atoms with Crippen LogP contribution in [-0.2, 0) is 0 Å². The van der Waals surface area contributed by atoms with Crippen LogP contribution in [-0.4, -0.2) is 16.8 Å². The Hall–Kier alpha value is -2.85. The third-order valence-electron chi connectivity index (χ3n) is 4.47. The molecule has 2 N–H and O–H groups in total. The molecule has 4 heteroatoms. The second-order valence-electron chi connectivity index (χ2n) is 6.09. The Kier molecular flexibility index (Phi) is 4.35. The fourth-order valence-corrected chi connectivity index (χ4v) is 4.44. The van der Waals surface area contributed by atoms with Crippen molar-refractivity contribution >= 4 is 34.3 Å². The molecule has 0 saturated carbocycles. The molecule has 0 aromatic heterocycles. The van der Waals surface area contributed by atoms with Gasteiger partial charge in [0, 0.05) is 11.4 Å². The Morgan fingerprint density at radius 2 is 1.85 bits per heavy atom. The summed E-state index contributed by atoms with van der Waals surface area (Å²) >= 11 is 1.79. The van der Waals surface area contributed by atoms with Crippen LogP contribution in [0.15, 0.2) is 76.7 Å². The molecular formula is C22H19NO2S. The first-order valence-electron chi connectivity index (χ1n) is 8.55. The number of rotatable bonds is 3. The first kappa shape index (κ1) is 16.6. The first-order chi connectivity index (χ1) is 12.7. The number of hydrogen-bond acceptors (Lipinski definition) is 4. The molecule has 1 aliphatic rings. The van der Waals surface area contributed by atoms with E-state index < -0.39 is 0 Å². The average molecular weight is 361 g/mol. The van der Waals surface area contributed by atoms with Gasteiger partial charge in [-0.2, -0.15) is 0 Å². The van der Waals surface area contributed by atoms with Gasteiger partial charge >= 0.3 is 0 Å². The quantitative estimate of drug-likeness (QED) is 0.584. The number of phenolic OH excluding ortho intramolecular Hbond substituents is 2. The topological polar surface area (TPSA) is 43.7 Å². The molecule has 0 aliphatic carbocycles. The summed E-state index contributed by atoms with van der Waals surface area (Å²) in [4.78, 5) is 3.61. The number of phenols is 2. The fraction of sp³-hybridized carbons (Fsp3) is 0.0909. The lowest BCUT2D eigenvalue weighted by molar-refractivity contribution is 0.403. The van der Waals surface area contributed by atoms with Gasteiger partial charge in [0.2, 0.25) is 0 Å². The number of allylic oxidation sites excluding steroid dienone is 2. The van der Waals surface area contributed by atoms with Crippen LogP contribution in [0, 0.1) is 0 Å². The summed E-state index contributed by atoms with van der Waals surface area (Å²) in [5.41, 5.74) is 2.09. The van der Waals surface area contributed by atoms with E-state index >= 15 is 0 Å². The van der Waals surface area contributed by atoms with Gasteiger partial charge in [0.25, 0.3) is 0 Å². The molecule has 0 radical (unpaired) electrons. The number of fused-ring (bicyclic) bond motifs is 3. The largest absolute Gasteiger partial charge is 0.504 e. The number of anilines is 1. The molecule has 0 unspecified atom stereocenters. The first-order valence-corrected chi connectivity index (χ1v) is 9.36. The highest BCUT2D eigenvalue weighted by atomic mass is 32.2. The van der Waals surface area contributed by atoms with Crippen molar-refractivity contribution in [3.05, 3.63) is 77.3 Å². The molecule has 0 amide bonds. The van der Waals surface area contributed by atoms with Gasteiger partial charge < -0.3 is 15.1 Å². The Balaban J connectivity index is 1.66. The minimum Gasteiger partial charge on any atom is -0.504 e. The standard InChI is InChI=1S/C22H19NO2S/c1-2-23-18-12-11-16-7-3-4-8-17(16)22(18)26-21(23)9-5-6-15-10-13-19(24)20(25)14-15/h3-14,24-25H,2H2,1H3. The third kappa shape index (κ3) is 2.93. The Morgan fingerprint density at radius 1 is 1.00 bits per heavy atom. The van der Waals surface area contributed by atoms with E-state index in [1.165, 1.54) is 32.5 Å². The summed E-state index contributed by atoms with van der Waals surface area (Å²) < 4.78 is 0. The van der Waals surface area contributed by atoms with Crippen LogP contribution in [0.2, 0.25) is 0 Å². The highest BCUT2D eigenvalue weighted by Gasteiger charge is 2.25. The molecule has 3 nitrogen and oxygen atoms in total. The highest BCUT2D eigenvalue weighted by Crippen LogP contribution is 2.49. The van der Waals surface area contributed by atoms with Crippen molar-refractivity contribution in [1.29, 1.82) is 0 Å². The summed E-state index contributed by atoms with van der Waals surface area (Å²) in [6.07, 6.45) is 5.99. The maximum Gasteiger partial charge on any atom is 0.157 e. The number of hydrogen-bond donors (Lipinski definition) is 2. The van der Waals surface area contributed by atoms with Crippen LogP contribution >= 0.6 is 11.8 Å². The maximum absolute atomic E-state index is 9.60. The minimum absolute atomic E-state index is 0.105. The predicted octanol–water partition coefficient (Wildman–Crippen LogP) is 5.74. The van der Waals surface area contributed by atoms with Gasteiger partial charge in [-0.3, -0.25) is 0 Å². The van der Waals surface area contributed by atoms with E-state index in [-0.39, 0.29) is 11.5 Å². The van der Waals surface area contributed by atoms with E-state index in [4.69, 9.17) is 0 Å². The number of nitrogens with zero attached hydrogens (tertiary/aromatic N) is 1. The zero-order valence-electron chi connectivity index (χ0n) is 14.4. The summed E-state index contributed by atoms with van der Waals surface area (Å²) in [6, 6.07) is 17.6. The Bertz CT molecular complexity index is 1040. The number of aromatic hydroxyl groups is 2. The zero-order chi connectivity index (χ0) is 18.1. The molecule has 1 aliphatic heterocycles. The van der Waals surface area contributed by atoms with Gasteiger partial charge in [-0.05, 0) is 47.5 Å². The van der Waals surface area contributed by atoms with E-state index in [1.54, 1.807) is 23.9 Å². The monoisotopic (exact) mass is 361 g/mol. The fourth-order valence-electron chi connectivity index (χ4n) is 3.17. The average Bonchev–Trinajstić information content (AvgIpc) is 3.02.